The van der Waals surface area contributed by atoms with E-state index in [1.807, 2.05) is 53.7 Å². The zero-order valence-electron chi connectivity index (χ0n) is 16.2. The highest BCUT2D eigenvalue weighted by Crippen LogP contribution is 2.30. The molecule has 0 saturated heterocycles. The molecule has 7 heteroatoms. The number of pyridine rings is 1. The van der Waals surface area contributed by atoms with Crippen molar-refractivity contribution < 1.29 is 0 Å². The molecule has 0 aliphatic carbocycles. The highest BCUT2D eigenvalue weighted by Gasteiger charge is 2.12. The first-order valence-corrected chi connectivity index (χ1v) is 9.57. The average Bonchev–Trinajstić information content (AvgIpc) is 3.32. The Balaban J connectivity index is 1.90. The van der Waals surface area contributed by atoms with E-state index in [4.69, 9.17) is 21.8 Å². The van der Waals surface area contributed by atoms with Gasteiger partial charge in [0.1, 0.15) is 0 Å². The molecule has 0 radical (unpaired) electrons. The van der Waals surface area contributed by atoms with Gasteiger partial charge in [-0.3, -0.25) is 4.68 Å². The van der Waals surface area contributed by atoms with Crippen molar-refractivity contribution >= 4 is 34.7 Å². The predicted molar refractivity (Wildman–Crippen MR) is 115 cm³/mol. The zero-order valence-corrected chi connectivity index (χ0v) is 16.9. The molecule has 0 fully saturated rings. The lowest BCUT2D eigenvalue weighted by atomic mass is 10.0. The highest BCUT2D eigenvalue weighted by atomic mass is 35.5. The number of halogens is 1. The summed E-state index contributed by atoms with van der Waals surface area (Å²) in [5, 5.41) is 14.8. The van der Waals surface area contributed by atoms with Gasteiger partial charge in [0.15, 0.2) is 0 Å². The first-order valence-electron chi connectivity index (χ1n) is 9.19. The molecule has 0 N–H and O–H groups in total. The maximum Gasteiger partial charge on any atom is 0.0948 e. The number of hydrogen-bond donors (Lipinski definition) is 0. The van der Waals surface area contributed by atoms with E-state index < -0.39 is 0 Å². The fourth-order valence-corrected chi connectivity index (χ4v) is 3.55. The summed E-state index contributed by atoms with van der Waals surface area (Å²) >= 11 is 6.48. The van der Waals surface area contributed by atoms with Gasteiger partial charge in [-0.25, -0.2) is 9.97 Å². The van der Waals surface area contributed by atoms with Crippen LogP contribution < -0.4 is 0 Å². The van der Waals surface area contributed by atoms with Crippen molar-refractivity contribution in [1.29, 1.82) is 5.26 Å². The standard InChI is InChI=1S/C22H19ClN6/c1-28-14-25-13-22(28)21-11-15(5-6-17-7-9-26-29(17)2)18-10-16(4-3-8-24)19(23)12-20(18)27-21/h5-7,9-14H,3-4H2,1-2H3/b6-5+. The van der Waals surface area contributed by atoms with Crippen molar-refractivity contribution in [1.82, 2.24) is 24.3 Å². The van der Waals surface area contributed by atoms with Gasteiger partial charge in [-0.15, -0.1) is 0 Å². The van der Waals surface area contributed by atoms with Crippen LogP contribution in [0, 0.1) is 11.3 Å². The molecule has 4 aromatic rings. The molecule has 0 atom stereocenters. The molecule has 0 aliphatic rings. The lowest BCUT2D eigenvalue weighted by Gasteiger charge is -2.11. The summed E-state index contributed by atoms with van der Waals surface area (Å²) in [6, 6.07) is 10.1. The Morgan fingerprint density at radius 1 is 1.21 bits per heavy atom. The monoisotopic (exact) mass is 402 g/mol. The van der Waals surface area contributed by atoms with Crippen LogP contribution >= 0.6 is 11.6 Å². The van der Waals surface area contributed by atoms with Gasteiger partial charge in [-0.1, -0.05) is 17.7 Å². The van der Waals surface area contributed by atoms with Crippen molar-refractivity contribution in [2.45, 2.75) is 12.8 Å². The van der Waals surface area contributed by atoms with Crippen LogP contribution in [0.15, 0.2) is 43.0 Å². The van der Waals surface area contributed by atoms with Gasteiger partial charge < -0.3 is 4.57 Å². The molecule has 1 aromatic carbocycles. The summed E-state index contributed by atoms with van der Waals surface area (Å²) in [6.07, 6.45) is 10.4. The number of aromatic nitrogens is 5. The number of nitriles is 1. The third kappa shape index (κ3) is 3.78. The predicted octanol–water partition coefficient (Wildman–Crippen LogP) is 4.65. The summed E-state index contributed by atoms with van der Waals surface area (Å²) in [4.78, 5) is 9.03. The number of benzene rings is 1. The van der Waals surface area contributed by atoms with E-state index in [-0.39, 0.29) is 0 Å². The fraction of sp³-hybridized carbons (Fsp3) is 0.182. The summed E-state index contributed by atoms with van der Waals surface area (Å²) in [5.74, 6) is 0. The minimum absolute atomic E-state index is 0.423. The van der Waals surface area contributed by atoms with Gasteiger partial charge in [0.2, 0.25) is 0 Å². The number of rotatable bonds is 5. The molecule has 3 aromatic heterocycles. The number of imidazole rings is 1. The number of aryl methyl sites for hydroxylation is 3. The lowest BCUT2D eigenvalue weighted by Crippen LogP contribution is -1.96. The molecule has 29 heavy (non-hydrogen) atoms. The molecule has 144 valence electrons. The molecule has 0 bridgehead atoms. The van der Waals surface area contributed by atoms with Crippen LogP contribution in [0.2, 0.25) is 5.02 Å². The Labute approximate surface area is 173 Å². The van der Waals surface area contributed by atoms with Gasteiger partial charge in [-0.05, 0) is 47.9 Å². The first kappa shape index (κ1) is 18.9. The van der Waals surface area contributed by atoms with Gasteiger partial charge >= 0.3 is 0 Å². The van der Waals surface area contributed by atoms with E-state index in [9.17, 15) is 0 Å². The maximum atomic E-state index is 8.94. The van der Waals surface area contributed by atoms with Crippen LogP contribution in [0.3, 0.4) is 0 Å². The third-order valence-corrected chi connectivity index (χ3v) is 5.24. The molecule has 0 amide bonds. The molecular formula is C22H19ClN6. The first-order chi connectivity index (χ1) is 14.1. The van der Waals surface area contributed by atoms with Crippen LogP contribution in [-0.2, 0) is 20.5 Å². The Morgan fingerprint density at radius 2 is 2.07 bits per heavy atom. The second kappa shape index (κ2) is 7.90. The van der Waals surface area contributed by atoms with Crippen LogP contribution in [0.5, 0.6) is 0 Å². The molecule has 4 rings (SSSR count). The molecule has 0 unspecified atom stereocenters. The van der Waals surface area contributed by atoms with E-state index in [0.29, 0.717) is 17.9 Å². The minimum atomic E-state index is 0.423. The quantitative estimate of drug-likeness (QED) is 0.487. The largest absolute Gasteiger partial charge is 0.332 e. The van der Waals surface area contributed by atoms with E-state index in [2.05, 4.69) is 22.2 Å². The molecule has 0 saturated carbocycles. The van der Waals surface area contributed by atoms with Crippen LogP contribution in [-0.4, -0.2) is 24.3 Å². The van der Waals surface area contributed by atoms with Gasteiger partial charge in [0, 0.05) is 37.1 Å². The van der Waals surface area contributed by atoms with Crippen LogP contribution in [0.1, 0.15) is 23.2 Å². The minimum Gasteiger partial charge on any atom is -0.332 e. The SMILES string of the molecule is Cn1cncc1-c1cc(/C=C/c2ccnn2C)c2cc(CCC#N)c(Cl)cc2n1. The van der Waals surface area contributed by atoms with E-state index in [1.165, 1.54) is 0 Å². The van der Waals surface area contributed by atoms with E-state index in [1.54, 1.807) is 18.7 Å². The van der Waals surface area contributed by atoms with Crippen molar-refractivity contribution in [2.24, 2.45) is 14.1 Å². The summed E-state index contributed by atoms with van der Waals surface area (Å²) in [7, 11) is 3.85. The Morgan fingerprint density at radius 3 is 2.76 bits per heavy atom. The molecule has 6 nitrogen and oxygen atoms in total. The number of hydrogen-bond acceptors (Lipinski definition) is 4. The summed E-state index contributed by atoms with van der Waals surface area (Å²) in [6.45, 7) is 0. The summed E-state index contributed by atoms with van der Waals surface area (Å²) < 4.78 is 3.75. The fourth-order valence-electron chi connectivity index (χ4n) is 3.30. The third-order valence-electron chi connectivity index (χ3n) is 4.89. The van der Waals surface area contributed by atoms with E-state index >= 15 is 0 Å². The number of nitrogens with zero attached hydrogens (tertiary/aromatic N) is 6. The van der Waals surface area contributed by atoms with Crippen molar-refractivity contribution in [3.8, 4) is 17.5 Å². The Kier molecular flexibility index (Phi) is 5.15. The second-order valence-electron chi connectivity index (χ2n) is 6.82. The topological polar surface area (TPSA) is 72.3 Å². The normalized spacial score (nSPS) is 11.4. The molecule has 0 spiro atoms. The van der Waals surface area contributed by atoms with Crippen LogP contribution in [0.25, 0.3) is 34.4 Å². The van der Waals surface area contributed by atoms with E-state index in [0.717, 1.165) is 39.1 Å². The smallest absolute Gasteiger partial charge is 0.0948 e. The van der Waals surface area contributed by atoms with Crippen LogP contribution in [0.4, 0.5) is 0 Å². The van der Waals surface area contributed by atoms with Crippen molar-refractivity contribution in [3.63, 3.8) is 0 Å². The average molecular weight is 403 g/mol. The number of fused-ring (bicyclic) bond motifs is 1. The van der Waals surface area contributed by atoms with Gasteiger partial charge in [0.25, 0.3) is 0 Å². The lowest BCUT2D eigenvalue weighted by molar-refractivity contribution is 0.760. The zero-order chi connectivity index (χ0) is 20.4. The molecule has 3 heterocycles. The Hall–Kier alpha value is -3.43. The van der Waals surface area contributed by atoms with Crippen molar-refractivity contribution in [3.05, 3.63) is 64.8 Å². The molecular weight excluding hydrogens is 384 g/mol. The second-order valence-corrected chi connectivity index (χ2v) is 7.23. The van der Waals surface area contributed by atoms with Gasteiger partial charge in [-0.2, -0.15) is 10.4 Å². The molecule has 0 aliphatic heterocycles. The van der Waals surface area contributed by atoms with Crippen molar-refractivity contribution in [2.75, 3.05) is 0 Å². The maximum absolute atomic E-state index is 8.94. The van der Waals surface area contributed by atoms with Gasteiger partial charge in [0.05, 0.1) is 41.2 Å². The Bertz CT molecular complexity index is 1260. The summed E-state index contributed by atoms with van der Waals surface area (Å²) in [5.41, 5.74) is 5.51. The highest BCUT2D eigenvalue weighted by molar-refractivity contribution is 6.32.